The van der Waals surface area contributed by atoms with Crippen molar-refractivity contribution in [3.63, 3.8) is 0 Å². The SMILES string of the molecule is CO[C@](C(=O)O)(c1cccc(Br)c1)C(F)(F)F. The van der Waals surface area contributed by atoms with Gasteiger partial charge in [-0.2, -0.15) is 13.2 Å². The molecule has 0 amide bonds. The zero-order valence-corrected chi connectivity index (χ0v) is 10.2. The Labute approximate surface area is 103 Å². The molecule has 0 bridgehead atoms. The van der Waals surface area contributed by atoms with Crippen LogP contribution in [0.5, 0.6) is 0 Å². The van der Waals surface area contributed by atoms with E-state index in [1.807, 2.05) is 0 Å². The Morgan fingerprint density at radius 3 is 2.35 bits per heavy atom. The van der Waals surface area contributed by atoms with E-state index in [0.717, 1.165) is 12.1 Å². The van der Waals surface area contributed by atoms with Crippen molar-refractivity contribution in [2.75, 3.05) is 7.11 Å². The lowest BCUT2D eigenvalue weighted by Gasteiger charge is -2.30. The zero-order chi connectivity index (χ0) is 13.3. The number of alkyl halides is 3. The summed E-state index contributed by atoms with van der Waals surface area (Å²) in [6, 6.07) is 4.91. The lowest BCUT2D eigenvalue weighted by Crippen LogP contribution is -2.50. The lowest BCUT2D eigenvalue weighted by atomic mass is 9.93. The molecule has 1 aromatic rings. The van der Waals surface area contributed by atoms with Crippen LogP contribution >= 0.6 is 15.9 Å². The molecular weight excluding hydrogens is 305 g/mol. The van der Waals surface area contributed by atoms with Crippen LogP contribution in [0.15, 0.2) is 28.7 Å². The van der Waals surface area contributed by atoms with Gasteiger partial charge in [0.25, 0.3) is 5.60 Å². The predicted molar refractivity (Wildman–Crippen MR) is 56.5 cm³/mol. The second-order valence-corrected chi connectivity index (χ2v) is 4.11. The van der Waals surface area contributed by atoms with Crippen LogP contribution < -0.4 is 0 Å². The summed E-state index contributed by atoms with van der Waals surface area (Å²) in [5, 5.41) is 8.84. The third kappa shape index (κ3) is 2.30. The van der Waals surface area contributed by atoms with Gasteiger partial charge < -0.3 is 9.84 Å². The molecule has 0 fully saturated rings. The van der Waals surface area contributed by atoms with E-state index >= 15 is 0 Å². The van der Waals surface area contributed by atoms with Crippen molar-refractivity contribution < 1.29 is 27.8 Å². The molecule has 3 nitrogen and oxygen atoms in total. The van der Waals surface area contributed by atoms with Crippen molar-refractivity contribution >= 4 is 21.9 Å². The molecule has 0 saturated carbocycles. The molecule has 1 N–H and O–H groups in total. The quantitative estimate of drug-likeness (QED) is 0.933. The van der Waals surface area contributed by atoms with Gasteiger partial charge in [-0.3, -0.25) is 0 Å². The van der Waals surface area contributed by atoms with E-state index in [1.165, 1.54) is 12.1 Å². The van der Waals surface area contributed by atoms with E-state index in [-0.39, 0.29) is 0 Å². The van der Waals surface area contributed by atoms with Crippen molar-refractivity contribution in [1.82, 2.24) is 0 Å². The van der Waals surface area contributed by atoms with E-state index in [1.54, 1.807) is 0 Å². The number of benzene rings is 1. The maximum Gasteiger partial charge on any atom is 0.432 e. The van der Waals surface area contributed by atoms with Crippen LogP contribution in [0.1, 0.15) is 5.56 Å². The number of aliphatic carboxylic acids is 1. The smallest absolute Gasteiger partial charge is 0.432 e. The molecule has 0 aliphatic heterocycles. The average molecular weight is 313 g/mol. The maximum atomic E-state index is 12.9. The van der Waals surface area contributed by atoms with Gasteiger partial charge in [0.2, 0.25) is 0 Å². The fraction of sp³-hybridized carbons (Fsp3) is 0.300. The van der Waals surface area contributed by atoms with Crippen LogP contribution in [0, 0.1) is 0 Å². The summed E-state index contributed by atoms with van der Waals surface area (Å²) in [5.74, 6) is -2.11. The van der Waals surface area contributed by atoms with Crippen molar-refractivity contribution in [1.29, 1.82) is 0 Å². The molecular formula is C10H8BrF3O3. The van der Waals surface area contributed by atoms with Gasteiger partial charge in [0.15, 0.2) is 0 Å². The van der Waals surface area contributed by atoms with Crippen LogP contribution in [0.3, 0.4) is 0 Å². The van der Waals surface area contributed by atoms with Gasteiger partial charge in [-0.05, 0) is 12.1 Å². The predicted octanol–water partition coefficient (Wildman–Crippen LogP) is 2.94. The summed E-state index contributed by atoms with van der Waals surface area (Å²) >= 11 is 2.98. The molecule has 17 heavy (non-hydrogen) atoms. The molecule has 0 radical (unpaired) electrons. The van der Waals surface area contributed by atoms with Crippen molar-refractivity contribution in [2.24, 2.45) is 0 Å². The number of carbonyl (C=O) groups is 1. The van der Waals surface area contributed by atoms with E-state index in [2.05, 4.69) is 20.7 Å². The van der Waals surface area contributed by atoms with E-state index in [0.29, 0.717) is 11.6 Å². The van der Waals surface area contributed by atoms with Gasteiger partial charge in [0.05, 0.1) is 0 Å². The first-order chi connectivity index (χ1) is 7.75. The normalized spacial score (nSPS) is 15.4. The van der Waals surface area contributed by atoms with Crippen LogP contribution in [0.2, 0.25) is 0 Å². The molecule has 1 aromatic carbocycles. The van der Waals surface area contributed by atoms with Crippen LogP contribution in [0.4, 0.5) is 13.2 Å². The third-order valence-electron chi connectivity index (χ3n) is 2.24. The minimum atomic E-state index is -5.06. The molecule has 0 aliphatic rings. The Kier molecular flexibility index (Phi) is 3.83. The van der Waals surface area contributed by atoms with E-state index < -0.39 is 23.3 Å². The highest BCUT2D eigenvalue weighted by Crippen LogP contribution is 2.42. The standard InChI is InChI=1S/C10H8BrF3O3/c1-17-9(8(15)16,10(12,13)14)6-3-2-4-7(11)5-6/h2-5H,1H3,(H,15,16)/t9-/m0/s1. The van der Waals surface area contributed by atoms with Gasteiger partial charge >= 0.3 is 12.1 Å². The molecule has 0 saturated heterocycles. The molecule has 0 aliphatic carbocycles. The average Bonchev–Trinajstić information content (AvgIpc) is 2.16. The first-order valence-electron chi connectivity index (χ1n) is 4.37. The second-order valence-electron chi connectivity index (χ2n) is 3.20. The molecule has 0 unspecified atom stereocenters. The van der Waals surface area contributed by atoms with Crippen LogP contribution in [-0.4, -0.2) is 24.4 Å². The number of hydrogen-bond acceptors (Lipinski definition) is 2. The zero-order valence-electron chi connectivity index (χ0n) is 8.58. The largest absolute Gasteiger partial charge is 0.479 e. The Hall–Kier alpha value is -1.08. The number of halogens is 4. The summed E-state index contributed by atoms with van der Waals surface area (Å²) in [6.07, 6.45) is -5.06. The molecule has 94 valence electrons. The molecule has 1 atom stereocenters. The highest BCUT2D eigenvalue weighted by atomic mass is 79.9. The fourth-order valence-corrected chi connectivity index (χ4v) is 1.84. The van der Waals surface area contributed by atoms with Crippen LogP contribution in [0.25, 0.3) is 0 Å². The van der Waals surface area contributed by atoms with Gasteiger partial charge in [0.1, 0.15) is 0 Å². The molecule has 7 heteroatoms. The van der Waals surface area contributed by atoms with E-state index in [9.17, 15) is 18.0 Å². The number of rotatable bonds is 3. The highest BCUT2D eigenvalue weighted by molar-refractivity contribution is 9.10. The minimum absolute atomic E-state index is 0.335. The molecule has 0 heterocycles. The first kappa shape index (κ1) is 14.0. The number of ether oxygens (including phenoxy) is 1. The fourth-order valence-electron chi connectivity index (χ4n) is 1.44. The first-order valence-corrected chi connectivity index (χ1v) is 5.16. The van der Waals surface area contributed by atoms with Gasteiger partial charge in [-0.15, -0.1) is 0 Å². The summed E-state index contributed by atoms with van der Waals surface area (Å²) in [4.78, 5) is 11.0. The highest BCUT2D eigenvalue weighted by Gasteiger charge is 2.63. The van der Waals surface area contributed by atoms with Crippen molar-refractivity contribution in [3.8, 4) is 0 Å². The minimum Gasteiger partial charge on any atom is -0.479 e. The Morgan fingerprint density at radius 1 is 1.41 bits per heavy atom. The van der Waals surface area contributed by atoms with Gasteiger partial charge in [-0.25, -0.2) is 4.79 Å². The van der Waals surface area contributed by atoms with Crippen molar-refractivity contribution in [3.05, 3.63) is 34.3 Å². The molecule has 0 aromatic heterocycles. The Morgan fingerprint density at radius 2 is 2.00 bits per heavy atom. The summed E-state index contributed by atoms with van der Waals surface area (Å²) < 4.78 is 43.4. The second kappa shape index (κ2) is 4.66. The maximum absolute atomic E-state index is 12.9. The summed E-state index contributed by atoms with van der Waals surface area (Å²) in [7, 11) is 0.711. The van der Waals surface area contributed by atoms with Gasteiger partial charge in [-0.1, -0.05) is 28.1 Å². The van der Waals surface area contributed by atoms with Crippen molar-refractivity contribution in [2.45, 2.75) is 11.8 Å². The number of carboxylic acids is 1. The number of carboxylic acid groups (broad SMARTS) is 1. The Balaban J connectivity index is 3.49. The number of methoxy groups -OCH3 is 1. The Bertz CT molecular complexity index is 433. The summed E-state index contributed by atoms with van der Waals surface area (Å²) in [6.45, 7) is 0. The lowest BCUT2D eigenvalue weighted by molar-refractivity contribution is -0.273. The van der Waals surface area contributed by atoms with Gasteiger partial charge in [0, 0.05) is 17.1 Å². The molecule has 1 rings (SSSR count). The topological polar surface area (TPSA) is 46.5 Å². The van der Waals surface area contributed by atoms with Crippen LogP contribution in [-0.2, 0) is 15.1 Å². The third-order valence-corrected chi connectivity index (χ3v) is 2.73. The van der Waals surface area contributed by atoms with E-state index in [4.69, 9.17) is 5.11 Å². The number of hydrogen-bond donors (Lipinski definition) is 1. The summed E-state index contributed by atoms with van der Waals surface area (Å²) in [5.41, 5.74) is -3.84. The molecule has 0 spiro atoms. The monoisotopic (exact) mass is 312 g/mol.